The molecule has 0 radical (unpaired) electrons. The van der Waals surface area contributed by atoms with Crippen LogP contribution < -0.4 is 4.72 Å². The third kappa shape index (κ3) is 4.17. The molecule has 0 amide bonds. The molecule has 8 heteroatoms. The molecule has 0 aliphatic carbocycles. The van der Waals surface area contributed by atoms with Crippen LogP contribution in [0.25, 0.3) is 11.3 Å². The molecular formula is C15H18N2O5S. The lowest BCUT2D eigenvalue weighted by Gasteiger charge is -2.15. The fourth-order valence-corrected chi connectivity index (χ4v) is 3.59. The number of nitrogens with one attached hydrogen (secondary N) is 1. The van der Waals surface area contributed by atoms with Crippen LogP contribution in [-0.2, 0) is 14.8 Å². The quantitative estimate of drug-likeness (QED) is 0.764. The Labute approximate surface area is 134 Å². The largest absolute Gasteiger partial charge is 0.480 e. The van der Waals surface area contributed by atoms with E-state index in [1.54, 1.807) is 24.3 Å². The van der Waals surface area contributed by atoms with Crippen LogP contribution in [0.2, 0.25) is 0 Å². The molecule has 1 atom stereocenters. The molecule has 1 unspecified atom stereocenters. The number of aromatic nitrogens is 1. The van der Waals surface area contributed by atoms with Crippen molar-refractivity contribution in [3.63, 3.8) is 0 Å². The molecule has 1 heterocycles. The highest BCUT2D eigenvalue weighted by molar-refractivity contribution is 7.89. The van der Waals surface area contributed by atoms with E-state index in [1.807, 2.05) is 6.92 Å². The molecule has 0 saturated carbocycles. The van der Waals surface area contributed by atoms with Crippen molar-refractivity contribution < 1.29 is 22.8 Å². The first kappa shape index (κ1) is 17.2. The van der Waals surface area contributed by atoms with Crippen molar-refractivity contribution in [2.45, 2.75) is 37.1 Å². The minimum absolute atomic E-state index is 0.0421. The number of unbranched alkanes of at least 4 members (excludes halogenated alkanes) is 1. The number of rotatable bonds is 8. The van der Waals surface area contributed by atoms with Gasteiger partial charge in [0.05, 0.1) is 11.1 Å². The van der Waals surface area contributed by atoms with E-state index >= 15 is 0 Å². The average molecular weight is 338 g/mol. The van der Waals surface area contributed by atoms with E-state index in [0.29, 0.717) is 17.7 Å². The number of carboxylic acid groups (broad SMARTS) is 1. The molecule has 2 aromatic rings. The zero-order chi connectivity index (χ0) is 16.9. The fraction of sp³-hybridized carbons (Fsp3) is 0.333. The molecule has 0 saturated heterocycles. The van der Waals surface area contributed by atoms with Gasteiger partial charge in [0.25, 0.3) is 0 Å². The molecular weight excluding hydrogens is 320 g/mol. The molecule has 1 aromatic heterocycles. The number of benzene rings is 1. The summed E-state index contributed by atoms with van der Waals surface area (Å²) in [5, 5.41) is 12.8. The number of hydrogen-bond donors (Lipinski definition) is 2. The third-order valence-corrected chi connectivity index (χ3v) is 4.85. The van der Waals surface area contributed by atoms with Gasteiger partial charge in [-0.15, -0.1) is 0 Å². The van der Waals surface area contributed by atoms with E-state index in [9.17, 15) is 18.3 Å². The van der Waals surface area contributed by atoms with Crippen LogP contribution in [0.15, 0.2) is 45.9 Å². The predicted octanol–water partition coefficient (Wildman–Crippen LogP) is 2.26. The van der Waals surface area contributed by atoms with Crippen LogP contribution in [0.3, 0.4) is 0 Å². The molecule has 2 N–H and O–H groups in total. The first-order valence-corrected chi connectivity index (χ1v) is 8.69. The highest BCUT2D eigenvalue weighted by Crippen LogP contribution is 2.27. The Morgan fingerprint density at radius 2 is 2.09 bits per heavy atom. The van der Waals surface area contributed by atoms with Crippen LogP contribution in [0, 0.1) is 0 Å². The SMILES string of the molecule is CCCCC(NS(=O)(=O)c1ccccc1-c1ccno1)C(=O)O. The summed E-state index contributed by atoms with van der Waals surface area (Å²) in [7, 11) is -4.01. The van der Waals surface area contributed by atoms with Crippen molar-refractivity contribution in [1.82, 2.24) is 9.88 Å². The van der Waals surface area contributed by atoms with Gasteiger partial charge in [-0.25, -0.2) is 8.42 Å². The fourth-order valence-electron chi connectivity index (χ4n) is 2.15. The second kappa shape index (κ2) is 7.38. The predicted molar refractivity (Wildman–Crippen MR) is 83.2 cm³/mol. The summed E-state index contributed by atoms with van der Waals surface area (Å²) in [6.07, 6.45) is 3.03. The van der Waals surface area contributed by atoms with Gasteiger partial charge < -0.3 is 9.63 Å². The lowest BCUT2D eigenvalue weighted by atomic mass is 10.1. The minimum atomic E-state index is -4.01. The molecule has 0 aliphatic rings. The molecule has 1 aromatic carbocycles. The summed E-state index contributed by atoms with van der Waals surface area (Å²) < 4.78 is 32.5. The maximum Gasteiger partial charge on any atom is 0.321 e. The highest BCUT2D eigenvalue weighted by atomic mass is 32.2. The molecule has 0 fully saturated rings. The Bertz CT molecular complexity index is 756. The normalized spacial score (nSPS) is 12.9. The van der Waals surface area contributed by atoms with Gasteiger partial charge in [0.1, 0.15) is 6.04 Å². The summed E-state index contributed by atoms with van der Waals surface area (Å²) in [5.41, 5.74) is 0.331. The van der Waals surface area contributed by atoms with Crippen LogP contribution in [-0.4, -0.2) is 30.7 Å². The summed E-state index contributed by atoms with van der Waals surface area (Å²) in [6, 6.07) is 6.59. The Morgan fingerprint density at radius 1 is 1.35 bits per heavy atom. The van der Waals surface area contributed by atoms with E-state index in [4.69, 9.17) is 4.52 Å². The van der Waals surface area contributed by atoms with Crippen LogP contribution in [0.5, 0.6) is 0 Å². The van der Waals surface area contributed by atoms with E-state index in [0.717, 1.165) is 6.42 Å². The number of aliphatic carboxylic acids is 1. The molecule has 23 heavy (non-hydrogen) atoms. The maximum absolute atomic E-state index is 12.6. The Balaban J connectivity index is 2.35. The number of carboxylic acids is 1. The van der Waals surface area contributed by atoms with Gasteiger partial charge in [0, 0.05) is 11.6 Å². The van der Waals surface area contributed by atoms with Crippen molar-refractivity contribution in [2.24, 2.45) is 0 Å². The zero-order valence-corrected chi connectivity index (χ0v) is 13.4. The number of carbonyl (C=O) groups is 1. The van der Waals surface area contributed by atoms with Gasteiger partial charge in [-0.2, -0.15) is 4.72 Å². The van der Waals surface area contributed by atoms with E-state index in [-0.39, 0.29) is 11.3 Å². The van der Waals surface area contributed by atoms with Crippen molar-refractivity contribution in [3.8, 4) is 11.3 Å². The summed E-state index contributed by atoms with van der Waals surface area (Å²) in [4.78, 5) is 11.2. The molecule has 7 nitrogen and oxygen atoms in total. The minimum Gasteiger partial charge on any atom is -0.480 e. The Kier molecular flexibility index (Phi) is 5.51. The van der Waals surface area contributed by atoms with Gasteiger partial charge in [0.15, 0.2) is 5.76 Å². The van der Waals surface area contributed by atoms with E-state index in [1.165, 1.54) is 12.3 Å². The Morgan fingerprint density at radius 3 is 2.70 bits per heavy atom. The lowest BCUT2D eigenvalue weighted by molar-refractivity contribution is -0.139. The van der Waals surface area contributed by atoms with Crippen molar-refractivity contribution in [2.75, 3.05) is 0 Å². The molecule has 0 bridgehead atoms. The summed E-state index contributed by atoms with van der Waals surface area (Å²) in [5.74, 6) is -0.898. The topological polar surface area (TPSA) is 110 Å². The molecule has 2 rings (SSSR count). The lowest BCUT2D eigenvalue weighted by Crippen LogP contribution is -2.40. The van der Waals surface area contributed by atoms with Crippen LogP contribution in [0.1, 0.15) is 26.2 Å². The molecule has 124 valence electrons. The van der Waals surface area contributed by atoms with Crippen LogP contribution in [0.4, 0.5) is 0 Å². The summed E-state index contributed by atoms with van der Waals surface area (Å²) >= 11 is 0. The second-order valence-electron chi connectivity index (χ2n) is 5.03. The number of hydrogen-bond acceptors (Lipinski definition) is 5. The van der Waals surface area contributed by atoms with Crippen LogP contribution >= 0.6 is 0 Å². The van der Waals surface area contributed by atoms with Gasteiger partial charge >= 0.3 is 5.97 Å². The first-order chi connectivity index (χ1) is 11.0. The van der Waals surface area contributed by atoms with Gasteiger partial charge in [0.2, 0.25) is 10.0 Å². The first-order valence-electron chi connectivity index (χ1n) is 7.21. The van der Waals surface area contributed by atoms with E-state index < -0.39 is 22.0 Å². The second-order valence-corrected chi connectivity index (χ2v) is 6.71. The highest BCUT2D eigenvalue weighted by Gasteiger charge is 2.27. The molecule has 0 aliphatic heterocycles. The summed E-state index contributed by atoms with van der Waals surface area (Å²) in [6.45, 7) is 1.91. The van der Waals surface area contributed by atoms with E-state index in [2.05, 4.69) is 9.88 Å². The smallest absolute Gasteiger partial charge is 0.321 e. The zero-order valence-electron chi connectivity index (χ0n) is 12.6. The van der Waals surface area contributed by atoms with Crippen molar-refractivity contribution >= 4 is 16.0 Å². The number of sulfonamides is 1. The molecule has 0 spiro atoms. The maximum atomic E-state index is 12.6. The van der Waals surface area contributed by atoms with Crippen molar-refractivity contribution in [3.05, 3.63) is 36.5 Å². The van der Waals surface area contributed by atoms with Gasteiger partial charge in [-0.1, -0.05) is 37.1 Å². The monoisotopic (exact) mass is 338 g/mol. The number of nitrogens with zero attached hydrogens (tertiary/aromatic N) is 1. The average Bonchev–Trinajstić information content (AvgIpc) is 3.05. The van der Waals surface area contributed by atoms with Gasteiger partial charge in [-0.05, 0) is 18.6 Å². The van der Waals surface area contributed by atoms with Gasteiger partial charge in [-0.3, -0.25) is 4.79 Å². The van der Waals surface area contributed by atoms with Crippen molar-refractivity contribution in [1.29, 1.82) is 0 Å². The third-order valence-electron chi connectivity index (χ3n) is 3.32. The standard InChI is InChI=1S/C15H18N2O5S/c1-2-3-7-12(15(18)19)17-23(20,21)14-8-5-4-6-11(14)13-9-10-16-22-13/h4-6,8-10,12,17H,2-3,7H2,1H3,(H,18,19). The Hall–Kier alpha value is -2.19.